The summed E-state index contributed by atoms with van der Waals surface area (Å²) in [5.74, 6) is 0. The molecule has 0 aliphatic carbocycles. The van der Waals surface area contributed by atoms with E-state index in [9.17, 15) is 0 Å². The van der Waals surface area contributed by atoms with Crippen LogP contribution < -0.4 is 0 Å². The first-order chi connectivity index (χ1) is 6.69. The van der Waals surface area contributed by atoms with Gasteiger partial charge in [-0.1, -0.05) is 41.4 Å². The zero-order chi connectivity index (χ0) is 10.6. The Morgan fingerprint density at radius 1 is 1.50 bits per heavy atom. The highest BCUT2D eigenvalue weighted by atomic mass is 79.9. The molecule has 0 fully saturated rings. The predicted molar refractivity (Wildman–Crippen MR) is 61.6 cm³/mol. The molecule has 1 rings (SSSR count). The minimum Gasteiger partial charge on any atom is -0.249 e. The van der Waals surface area contributed by atoms with E-state index in [2.05, 4.69) is 47.0 Å². The molecule has 0 saturated carbocycles. The predicted octanol–water partition coefficient (Wildman–Crippen LogP) is 3.49. The average Bonchev–Trinajstić information content (AvgIpc) is 2.66. The minimum absolute atomic E-state index is 0.338. The van der Waals surface area contributed by atoms with Gasteiger partial charge in [0.1, 0.15) is 0 Å². The van der Waals surface area contributed by atoms with Gasteiger partial charge in [-0.3, -0.25) is 0 Å². The first kappa shape index (κ1) is 11.7. The quantitative estimate of drug-likeness (QED) is 0.759. The number of nitrogens with zero attached hydrogens (tertiary/aromatic N) is 3. The van der Waals surface area contributed by atoms with Crippen LogP contribution in [0.1, 0.15) is 56.6 Å². The molecule has 2 unspecified atom stereocenters. The van der Waals surface area contributed by atoms with Gasteiger partial charge in [-0.2, -0.15) is 0 Å². The summed E-state index contributed by atoms with van der Waals surface area (Å²) in [5, 5.41) is 8.30. The fourth-order valence-corrected chi connectivity index (χ4v) is 1.62. The molecule has 0 N–H and O–H groups in total. The van der Waals surface area contributed by atoms with Gasteiger partial charge < -0.3 is 0 Å². The Balaban J connectivity index is 2.67. The van der Waals surface area contributed by atoms with Gasteiger partial charge in [0.05, 0.1) is 16.6 Å². The van der Waals surface area contributed by atoms with Gasteiger partial charge in [-0.05, 0) is 19.8 Å². The van der Waals surface area contributed by atoms with Gasteiger partial charge in [0.25, 0.3) is 0 Å². The summed E-state index contributed by atoms with van der Waals surface area (Å²) < 4.78 is 1.96. The van der Waals surface area contributed by atoms with Gasteiger partial charge in [-0.15, -0.1) is 5.10 Å². The minimum atomic E-state index is 0.338. The molecule has 1 aromatic rings. The maximum absolute atomic E-state index is 4.16. The van der Waals surface area contributed by atoms with Crippen molar-refractivity contribution in [2.24, 2.45) is 0 Å². The molecule has 2 atom stereocenters. The maximum Gasteiger partial charge on any atom is 0.0963 e. The maximum atomic E-state index is 4.16. The topological polar surface area (TPSA) is 30.7 Å². The summed E-state index contributed by atoms with van der Waals surface area (Å²) in [7, 11) is 0. The van der Waals surface area contributed by atoms with E-state index in [4.69, 9.17) is 0 Å². The van der Waals surface area contributed by atoms with Crippen LogP contribution in [0.4, 0.5) is 0 Å². The van der Waals surface area contributed by atoms with Crippen molar-refractivity contribution in [3.8, 4) is 0 Å². The summed E-state index contributed by atoms with van der Waals surface area (Å²) >= 11 is 3.57. The molecule has 0 bridgehead atoms. The highest BCUT2D eigenvalue weighted by molar-refractivity contribution is 9.09. The number of hydrogen-bond acceptors (Lipinski definition) is 2. The number of halogens is 1. The van der Waals surface area contributed by atoms with Crippen LogP contribution in [0.3, 0.4) is 0 Å². The fourth-order valence-electron chi connectivity index (χ4n) is 1.41. The summed E-state index contributed by atoms with van der Waals surface area (Å²) in [6, 6.07) is 0.456. The van der Waals surface area contributed by atoms with Crippen LogP contribution in [0.25, 0.3) is 0 Å². The zero-order valence-electron chi connectivity index (χ0n) is 9.07. The highest BCUT2D eigenvalue weighted by Gasteiger charge is 2.11. The van der Waals surface area contributed by atoms with E-state index in [-0.39, 0.29) is 0 Å². The molecular formula is C10H18BrN3. The molecule has 0 aliphatic rings. The Bertz CT molecular complexity index is 272. The lowest BCUT2D eigenvalue weighted by Crippen LogP contribution is -2.05. The molecule has 0 aliphatic heterocycles. The Morgan fingerprint density at radius 3 is 2.79 bits per heavy atom. The van der Waals surface area contributed by atoms with Gasteiger partial charge in [0.15, 0.2) is 0 Å². The lowest BCUT2D eigenvalue weighted by atomic mass is 10.2. The summed E-state index contributed by atoms with van der Waals surface area (Å²) in [5.41, 5.74) is 1.04. The van der Waals surface area contributed by atoms with Crippen molar-refractivity contribution in [3.63, 3.8) is 0 Å². The Hall–Kier alpha value is -0.380. The molecule has 1 heterocycles. The number of aromatic nitrogens is 3. The normalized spacial score (nSPS) is 15.4. The van der Waals surface area contributed by atoms with E-state index in [1.54, 1.807) is 0 Å². The molecule has 80 valence electrons. The van der Waals surface area contributed by atoms with Crippen LogP contribution in [0, 0.1) is 0 Å². The molecule has 0 aromatic carbocycles. The van der Waals surface area contributed by atoms with E-state index in [1.807, 2.05) is 10.9 Å². The van der Waals surface area contributed by atoms with Gasteiger partial charge >= 0.3 is 0 Å². The smallest absolute Gasteiger partial charge is 0.0963 e. The van der Waals surface area contributed by atoms with Crippen molar-refractivity contribution in [3.05, 3.63) is 11.9 Å². The van der Waals surface area contributed by atoms with Crippen molar-refractivity contribution in [2.45, 2.75) is 50.9 Å². The largest absolute Gasteiger partial charge is 0.249 e. The number of hydrogen-bond donors (Lipinski definition) is 0. The zero-order valence-corrected chi connectivity index (χ0v) is 10.7. The van der Waals surface area contributed by atoms with E-state index in [1.165, 1.54) is 6.42 Å². The lowest BCUT2D eigenvalue weighted by molar-refractivity contribution is 0.443. The number of alkyl halides is 1. The summed E-state index contributed by atoms with van der Waals surface area (Å²) in [6.45, 7) is 6.50. The van der Waals surface area contributed by atoms with E-state index in [0.29, 0.717) is 10.9 Å². The van der Waals surface area contributed by atoms with Crippen LogP contribution in [-0.4, -0.2) is 15.0 Å². The molecule has 14 heavy (non-hydrogen) atoms. The average molecular weight is 260 g/mol. The Morgan fingerprint density at radius 2 is 2.21 bits per heavy atom. The second kappa shape index (κ2) is 5.49. The van der Waals surface area contributed by atoms with Gasteiger partial charge in [0, 0.05) is 6.20 Å². The Labute approximate surface area is 94.0 Å². The second-order valence-electron chi connectivity index (χ2n) is 3.64. The van der Waals surface area contributed by atoms with Crippen molar-refractivity contribution in [1.29, 1.82) is 0 Å². The van der Waals surface area contributed by atoms with Crippen LogP contribution in [-0.2, 0) is 0 Å². The van der Waals surface area contributed by atoms with Crippen molar-refractivity contribution >= 4 is 15.9 Å². The van der Waals surface area contributed by atoms with Gasteiger partial charge in [0.2, 0.25) is 0 Å². The van der Waals surface area contributed by atoms with Crippen LogP contribution >= 0.6 is 15.9 Å². The van der Waals surface area contributed by atoms with Gasteiger partial charge in [-0.25, -0.2) is 4.68 Å². The first-order valence-electron chi connectivity index (χ1n) is 5.24. The molecule has 1 aromatic heterocycles. The Kier molecular flexibility index (Phi) is 4.58. The molecule has 0 amide bonds. The van der Waals surface area contributed by atoms with Crippen LogP contribution in [0.5, 0.6) is 0 Å². The molecule has 4 heteroatoms. The van der Waals surface area contributed by atoms with Crippen molar-refractivity contribution < 1.29 is 0 Å². The van der Waals surface area contributed by atoms with Crippen molar-refractivity contribution in [1.82, 2.24) is 15.0 Å². The third kappa shape index (κ3) is 2.80. The standard InChI is InChI=1S/C10H18BrN3/c1-4-6-8(3)14-7-10(12-13-14)9(11)5-2/h7-9H,4-6H2,1-3H3. The van der Waals surface area contributed by atoms with Crippen molar-refractivity contribution in [2.75, 3.05) is 0 Å². The van der Waals surface area contributed by atoms with E-state index < -0.39 is 0 Å². The summed E-state index contributed by atoms with van der Waals surface area (Å²) in [6.07, 6.45) is 5.42. The van der Waals surface area contributed by atoms with E-state index in [0.717, 1.165) is 18.5 Å². The summed E-state index contributed by atoms with van der Waals surface area (Å²) in [4.78, 5) is 0.338. The first-order valence-corrected chi connectivity index (χ1v) is 6.16. The van der Waals surface area contributed by atoms with Crippen LogP contribution in [0.15, 0.2) is 6.20 Å². The fraction of sp³-hybridized carbons (Fsp3) is 0.800. The highest BCUT2D eigenvalue weighted by Crippen LogP contribution is 2.24. The number of rotatable bonds is 5. The lowest BCUT2D eigenvalue weighted by Gasteiger charge is -2.08. The van der Waals surface area contributed by atoms with E-state index >= 15 is 0 Å². The molecular weight excluding hydrogens is 242 g/mol. The SMILES string of the molecule is CCCC(C)n1cc(C(Br)CC)nn1. The van der Waals surface area contributed by atoms with Crippen LogP contribution in [0.2, 0.25) is 0 Å². The third-order valence-electron chi connectivity index (χ3n) is 2.37. The monoisotopic (exact) mass is 259 g/mol. The molecule has 3 nitrogen and oxygen atoms in total. The molecule has 0 radical (unpaired) electrons. The second-order valence-corrected chi connectivity index (χ2v) is 4.74. The molecule has 0 saturated heterocycles. The molecule has 0 spiro atoms. The third-order valence-corrected chi connectivity index (χ3v) is 3.48.